The molecule has 0 aliphatic heterocycles. The zero-order valence-corrected chi connectivity index (χ0v) is 20.8. The third-order valence-electron chi connectivity index (χ3n) is 4.48. The number of carbonyl (C=O) groups excluding carboxylic acids is 1. The summed E-state index contributed by atoms with van der Waals surface area (Å²) in [4.78, 5) is 23.7. The molecule has 0 radical (unpaired) electrons. The predicted molar refractivity (Wildman–Crippen MR) is 122 cm³/mol. The van der Waals surface area contributed by atoms with Crippen LogP contribution in [0.15, 0.2) is 24.3 Å². The molecule has 31 heavy (non-hydrogen) atoms. The molecule has 0 spiro atoms. The first-order chi connectivity index (χ1) is 14.5. The molecule has 0 aliphatic rings. The van der Waals surface area contributed by atoms with Crippen LogP contribution in [-0.2, 0) is 18.4 Å². The molecule has 0 bridgehead atoms. The van der Waals surface area contributed by atoms with Gasteiger partial charge in [-0.25, -0.2) is 0 Å². The monoisotopic (exact) mass is 462 g/mol. The first kappa shape index (κ1) is 30.0. The van der Waals surface area contributed by atoms with Crippen LogP contribution in [0.3, 0.4) is 0 Å². The summed E-state index contributed by atoms with van der Waals surface area (Å²) in [5.74, 6) is -0.303. The van der Waals surface area contributed by atoms with Crippen LogP contribution < -0.4 is 10.2 Å². The minimum atomic E-state index is -4.53. The van der Waals surface area contributed by atoms with Crippen molar-refractivity contribution in [3.05, 3.63) is 24.3 Å². The maximum Gasteiger partial charge on any atom is 0.268 e. The van der Waals surface area contributed by atoms with E-state index in [0.29, 0.717) is 11.0 Å². The van der Waals surface area contributed by atoms with Crippen molar-refractivity contribution in [2.24, 2.45) is 0 Å². The van der Waals surface area contributed by atoms with Crippen LogP contribution in [-0.4, -0.2) is 68.5 Å². The Hall–Kier alpha value is -1.02. The van der Waals surface area contributed by atoms with Crippen molar-refractivity contribution in [3.63, 3.8) is 0 Å². The number of likely N-dealkylation sites (N-methyl/N-ethyl adjacent to an activating group) is 1. The third-order valence-corrected chi connectivity index (χ3v) is 5.44. The summed E-state index contributed by atoms with van der Waals surface area (Å²) in [5.41, 5.74) is 0. The highest BCUT2D eigenvalue weighted by Gasteiger charge is 2.22. The highest BCUT2D eigenvalue weighted by molar-refractivity contribution is 7.45. The number of amides is 1. The average molecular weight is 463 g/mol. The Labute approximate surface area is 188 Å². The fourth-order valence-electron chi connectivity index (χ4n) is 2.48. The molecule has 0 saturated carbocycles. The molecule has 3 atom stereocenters. The van der Waals surface area contributed by atoms with Gasteiger partial charge in [0.05, 0.1) is 39.9 Å². The van der Waals surface area contributed by atoms with E-state index in [1.165, 1.54) is 19.3 Å². The van der Waals surface area contributed by atoms with Crippen molar-refractivity contribution >= 4 is 13.7 Å². The quantitative estimate of drug-likeness (QED) is 0.140. The minimum absolute atomic E-state index is 0.00924. The number of unbranched alkanes of at least 4 members (excludes halogenated alkanes) is 4. The zero-order valence-electron chi connectivity index (χ0n) is 19.9. The number of nitrogens with one attached hydrogen (secondary N) is 1. The van der Waals surface area contributed by atoms with Gasteiger partial charge in [-0.05, 0) is 25.7 Å². The predicted octanol–water partition coefficient (Wildman–Crippen LogP) is 2.92. The molecule has 0 heterocycles. The number of quaternary nitrogens is 1. The minimum Gasteiger partial charge on any atom is -0.756 e. The van der Waals surface area contributed by atoms with Crippen LogP contribution in [0.4, 0.5) is 0 Å². The van der Waals surface area contributed by atoms with Gasteiger partial charge in [0.25, 0.3) is 7.82 Å². The summed E-state index contributed by atoms with van der Waals surface area (Å²) in [6.07, 6.45) is 13.1. The summed E-state index contributed by atoms with van der Waals surface area (Å²) in [6.45, 7) is 3.93. The summed E-state index contributed by atoms with van der Waals surface area (Å²) >= 11 is 0. The molecule has 8 nitrogen and oxygen atoms in total. The van der Waals surface area contributed by atoms with Gasteiger partial charge >= 0.3 is 0 Å². The molecule has 1 amide bonds. The van der Waals surface area contributed by atoms with Crippen LogP contribution in [0.2, 0.25) is 0 Å². The lowest BCUT2D eigenvalue weighted by atomic mass is 10.1. The highest BCUT2D eigenvalue weighted by atomic mass is 31.2. The number of rotatable bonds is 18. The molecular weight excluding hydrogens is 419 g/mol. The van der Waals surface area contributed by atoms with Gasteiger partial charge in [-0.2, -0.15) is 0 Å². The number of carbonyl (C=O) groups is 1. The van der Waals surface area contributed by atoms with Gasteiger partial charge in [-0.3, -0.25) is 9.36 Å². The Morgan fingerprint density at radius 3 is 2.35 bits per heavy atom. The van der Waals surface area contributed by atoms with E-state index >= 15 is 0 Å². The van der Waals surface area contributed by atoms with E-state index in [0.717, 1.165) is 19.3 Å². The van der Waals surface area contributed by atoms with Crippen molar-refractivity contribution in [1.29, 1.82) is 0 Å². The van der Waals surface area contributed by atoms with Crippen molar-refractivity contribution in [3.8, 4) is 0 Å². The maximum absolute atomic E-state index is 12.0. The normalized spacial score (nSPS) is 16.5. The van der Waals surface area contributed by atoms with Crippen molar-refractivity contribution < 1.29 is 32.9 Å². The summed E-state index contributed by atoms with van der Waals surface area (Å²) < 4.78 is 22.3. The van der Waals surface area contributed by atoms with Gasteiger partial charge in [0.1, 0.15) is 13.2 Å². The first-order valence-electron chi connectivity index (χ1n) is 11.2. The number of nitrogens with zero attached hydrogens (tertiary/aromatic N) is 1. The van der Waals surface area contributed by atoms with Gasteiger partial charge in [0.2, 0.25) is 5.91 Å². The molecule has 0 aromatic heterocycles. The van der Waals surface area contributed by atoms with E-state index in [-0.39, 0.29) is 18.9 Å². The fourth-order valence-corrected chi connectivity index (χ4v) is 3.20. The Morgan fingerprint density at radius 2 is 1.74 bits per heavy atom. The molecule has 182 valence electrons. The van der Waals surface area contributed by atoms with Gasteiger partial charge in [-0.15, -0.1) is 0 Å². The second kappa shape index (κ2) is 16.6. The van der Waals surface area contributed by atoms with Gasteiger partial charge in [0, 0.05) is 6.42 Å². The van der Waals surface area contributed by atoms with Crippen molar-refractivity contribution in [2.45, 2.75) is 70.9 Å². The van der Waals surface area contributed by atoms with Crippen LogP contribution >= 0.6 is 7.82 Å². The van der Waals surface area contributed by atoms with Gasteiger partial charge in [-0.1, -0.05) is 51.0 Å². The standard InChI is InChI=1S/C22H43N2O6P/c1-6-8-9-10-11-12-13-14-15-16-21(25)20(23-22(26)7-2)19-30-31(27,28)29-18-17-24(3,4)5/h11-12,15-16,20-21,25H,6-10,13-14,17-19H2,1-5H3,(H-,23,26,27,28)/b12-11+,16-15+. The van der Waals surface area contributed by atoms with E-state index < -0.39 is 26.6 Å². The lowest BCUT2D eigenvalue weighted by Crippen LogP contribution is -2.45. The Morgan fingerprint density at radius 1 is 1.10 bits per heavy atom. The van der Waals surface area contributed by atoms with E-state index in [1.807, 2.05) is 27.2 Å². The van der Waals surface area contributed by atoms with Crippen molar-refractivity contribution in [2.75, 3.05) is 40.9 Å². The Kier molecular flexibility index (Phi) is 16.0. The second-order valence-corrected chi connectivity index (χ2v) is 9.99. The molecule has 9 heteroatoms. The van der Waals surface area contributed by atoms with Crippen molar-refractivity contribution in [1.82, 2.24) is 5.32 Å². The molecule has 0 rings (SSSR count). The molecule has 0 aromatic carbocycles. The number of allylic oxidation sites excluding steroid dienone is 3. The largest absolute Gasteiger partial charge is 0.756 e. The number of hydrogen-bond donors (Lipinski definition) is 2. The molecule has 2 N–H and O–H groups in total. The number of hydrogen-bond acceptors (Lipinski definition) is 6. The summed E-state index contributed by atoms with van der Waals surface area (Å²) in [6, 6.07) is -0.891. The molecule has 0 fully saturated rings. The maximum atomic E-state index is 12.0. The molecule has 0 aromatic rings. The van der Waals surface area contributed by atoms with E-state index in [2.05, 4.69) is 24.4 Å². The first-order valence-corrected chi connectivity index (χ1v) is 12.7. The van der Waals surface area contributed by atoms with Crippen LogP contribution in [0.5, 0.6) is 0 Å². The topological polar surface area (TPSA) is 108 Å². The number of aliphatic hydroxyl groups excluding tert-OH is 1. The smallest absolute Gasteiger partial charge is 0.268 e. The zero-order chi connectivity index (χ0) is 23.8. The van der Waals surface area contributed by atoms with Gasteiger partial charge in [0.15, 0.2) is 0 Å². The van der Waals surface area contributed by atoms with Crippen LogP contribution in [0.1, 0.15) is 58.8 Å². The lowest BCUT2D eigenvalue weighted by Gasteiger charge is -2.29. The molecule has 0 saturated heterocycles. The van der Waals surface area contributed by atoms with E-state index in [4.69, 9.17) is 9.05 Å². The lowest BCUT2D eigenvalue weighted by molar-refractivity contribution is -0.870. The summed E-state index contributed by atoms with van der Waals surface area (Å²) in [7, 11) is 1.22. The van der Waals surface area contributed by atoms with E-state index in [9.17, 15) is 19.4 Å². The Balaban J connectivity index is 4.58. The fraction of sp³-hybridized carbons (Fsp3) is 0.773. The SMILES string of the molecule is CCCCC/C=C/CC/C=C/C(O)C(COP(=O)([O-])OCC[N+](C)(C)C)NC(=O)CC. The molecule has 3 unspecified atom stereocenters. The number of aliphatic hydroxyl groups is 1. The van der Waals surface area contributed by atoms with Gasteiger partial charge < -0.3 is 28.8 Å². The second-order valence-electron chi connectivity index (χ2n) is 8.58. The highest BCUT2D eigenvalue weighted by Crippen LogP contribution is 2.38. The number of phosphoric acid groups is 1. The average Bonchev–Trinajstić information content (AvgIpc) is 2.68. The Bertz CT molecular complexity index is 589. The third kappa shape index (κ3) is 18.3. The molecule has 0 aliphatic carbocycles. The van der Waals surface area contributed by atoms with Crippen LogP contribution in [0.25, 0.3) is 0 Å². The van der Waals surface area contributed by atoms with E-state index in [1.54, 1.807) is 13.0 Å². The summed E-state index contributed by atoms with van der Waals surface area (Å²) in [5, 5.41) is 13.0. The molecular formula is C22H43N2O6P. The van der Waals surface area contributed by atoms with Crippen LogP contribution in [0, 0.1) is 0 Å². The number of phosphoric ester groups is 1.